The van der Waals surface area contributed by atoms with Crippen molar-refractivity contribution in [3.8, 4) is 0 Å². The maximum Gasteiger partial charge on any atom is 0.275 e. The van der Waals surface area contributed by atoms with Crippen LogP contribution in [0, 0.1) is 0 Å². The minimum Gasteiger partial charge on any atom is -0.364 e. The molecule has 1 amide bonds. The number of ether oxygens (including phenoxy) is 1. The zero-order chi connectivity index (χ0) is 14.5. The van der Waals surface area contributed by atoms with Crippen molar-refractivity contribution >= 4 is 17.5 Å². The Morgan fingerprint density at radius 1 is 1.35 bits per heavy atom. The van der Waals surface area contributed by atoms with Crippen LogP contribution in [0.1, 0.15) is 19.4 Å². The zero-order valence-corrected chi connectivity index (χ0v) is 12.7. The molecule has 110 valence electrons. The Kier molecular flexibility index (Phi) is 5.40. The van der Waals surface area contributed by atoms with Crippen molar-refractivity contribution in [1.29, 1.82) is 0 Å². The first-order valence-electron chi connectivity index (χ1n) is 7.03. The largest absolute Gasteiger partial charge is 0.364 e. The van der Waals surface area contributed by atoms with Gasteiger partial charge in [0, 0.05) is 11.6 Å². The molecule has 1 aromatic carbocycles. The Morgan fingerprint density at radius 2 is 2.00 bits per heavy atom. The zero-order valence-electron chi connectivity index (χ0n) is 12.0. The molecule has 2 rings (SSSR count). The number of halogens is 1. The van der Waals surface area contributed by atoms with Crippen LogP contribution in [0.2, 0.25) is 5.02 Å². The standard InChI is InChI=1S/C15H21ClN2O2/c1-11-8-18(9-12(2)20-11)10-15(19)17-7-13-5-3-4-6-14(13)16/h3-6,11-12H,7-10H2,1-2H3,(H,17,19)/p+1/t11-,12-/m0/s1. The molecule has 0 aromatic heterocycles. The quantitative estimate of drug-likeness (QED) is 0.857. The highest BCUT2D eigenvalue weighted by atomic mass is 35.5. The summed E-state index contributed by atoms with van der Waals surface area (Å²) in [6, 6.07) is 7.56. The van der Waals surface area contributed by atoms with Crippen LogP contribution in [0.3, 0.4) is 0 Å². The molecule has 1 saturated heterocycles. The van der Waals surface area contributed by atoms with Crippen molar-refractivity contribution in [2.75, 3.05) is 19.6 Å². The number of hydrogen-bond acceptors (Lipinski definition) is 2. The van der Waals surface area contributed by atoms with Gasteiger partial charge in [-0.15, -0.1) is 0 Å². The van der Waals surface area contributed by atoms with Gasteiger partial charge in [-0.05, 0) is 25.5 Å². The van der Waals surface area contributed by atoms with Gasteiger partial charge in [-0.2, -0.15) is 0 Å². The lowest BCUT2D eigenvalue weighted by Crippen LogP contribution is -3.16. The Bertz CT molecular complexity index is 457. The van der Waals surface area contributed by atoms with Gasteiger partial charge in [0.15, 0.2) is 6.54 Å². The summed E-state index contributed by atoms with van der Waals surface area (Å²) >= 11 is 6.06. The summed E-state index contributed by atoms with van der Waals surface area (Å²) in [4.78, 5) is 13.3. The second kappa shape index (κ2) is 7.07. The van der Waals surface area contributed by atoms with Crippen LogP contribution in [0.4, 0.5) is 0 Å². The lowest BCUT2D eigenvalue weighted by Gasteiger charge is -2.31. The van der Waals surface area contributed by atoms with Crippen LogP contribution >= 0.6 is 11.6 Å². The molecule has 0 bridgehead atoms. The molecule has 0 aliphatic carbocycles. The van der Waals surface area contributed by atoms with Gasteiger partial charge >= 0.3 is 0 Å². The van der Waals surface area contributed by atoms with Gasteiger partial charge in [0.1, 0.15) is 25.3 Å². The smallest absolute Gasteiger partial charge is 0.275 e. The number of hydrogen-bond donors (Lipinski definition) is 2. The van der Waals surface area contributed by atoms with Crippen LogP contribution in [0.25, 0.3) is 0 Å². The highest BCUT2D eigenvalue weighted by Gasteiger charge is 2.26. The molecule has 5 heteroatoms. The number of morpholine rings is 1. The van der Waals surface area contributed by atoms with Crippen LogP contribution < -0.4 is 10.2 Å². The molecular formula is C15H22ClN2O2+. The van der Waals surface area contributed by atoms with Gasteiger partial charge in [-0.3, -0.25) is 4.79 Å². The van der Waals surface area contributed by atoms with E-state index in [0.29, 0.717) is 18.1 Å². The fourth-order valence-corrected chi connectivity index (χ4v) is 2.86. The molecule has 4 nitrogen and oxygen atoms in total. The van der Waals surface area contributed by atoms with E-state index in [0.717, 1.165) is 18.7 Å². The van der Waals surface area contributed by atoms with E-state index in [4.69, 9.17) is 16.3 Å². The summed E-state index contributed by atoms with van der Waals surface area (Å²) in [6.07, 6.45) is 0.426. The molecule has 0 unspecified atom stereocenters. The van der Waals surface area contributed by atoms with Gasteiger partial charge in [-0.25, -0.2) is 0 Å². The van der Waals surface area contributed by atoms with E-state index in [1.807, 2.05) is 24.3 Å². The molecule has 1 aliphatic heterocycles. The van der Waals surface area contributed by atoms with E-state index >= 15 is 0 Å². The lowest BCUT2D eigenvalue weighted by atomic mass is 10.2. The molecule has 1 aromatic rings. The molecule has 1 aliphatic rings. The molecule has 1 fully saturated rings. The summed E-state index contributed by atoms with van der Waals surface area (Å²) < 4.78 is 5.67. The van der Waals surface area contributed by atoms with E-state index in [1.54, 1.807) is 0 Å². The second-order valence-corrected chi connectivity index (χ2v) is 5.87. The van der Waals surface area contributed by atoms with E-state index < -0.39 is 0 Å². The second-order valence-electron chi connectivity index (χ2n) is 5.46. The minimum atomic E-state index is 0.0567. The summed E-state index contributed by atoms with van der Waals surface area (Å²) in [7, 11) is 0. The van der Waals surface area contributed by atoms with Crippen molar-refractivity contribution < 1.29 is 14.4 Å². The summed E-state index contributed by atoms with van der Waals surface area (Å²) in [5.74, 6) is 0.0567. The fourth-order valence-electron chi connectivity index (χ4n) is 2.66. The predicted molar refractivity (Wildman–Crippen MR) is 78.9 cm³/mol. The van der Waals surface area contributed by atoms with Crippen molar-refractivity contribution in [3.63, 3.8) is 0 Å². The Hall–Kier alpha value is -1.10. The first-order chi connectivity index (χ1) is 9.54. The van der Waals surface area contributed by atoms with Crippen LogP contribution in [-0.4, -0.2) is 37.7 Å². The SMILES string of the molecule is C[C@H]1C[NH+](CC(=O)NCc2ccccc2Cl)C[C@H](C)O1. The van der Waals surface area contributed by atoms with Crippen molar-refractivity contribution in [3.05, 3.63) is 34.9 Å². The van der Waals surface area contributed by atoms with E-state index in [1.165, 1.54) is 4.90 Å². The first kappa shape index (κ1) is 15.3. The third-order valence-electron chi connectivity index (χ3n) is 3.46. The van der Waals surface area contributed by atoms with Gasteiger partial charge in [-0.1, -0.05) is 29.8 Å². The molecule has 0 radical (unpaired) electrons. The number of quaternary nitrogens is 1. The topological polar surface area (TPSA) is 42.8 Å². The summed E-state index contributed by atoms with van der Waals surface area (Å²) in [5.41, 5.74) is 0.946. The Labute approximate surface area is 125 Å². The average molecular weight is 298 g/mol. The number of amides is 1. The van der Waals surface area contributed by atoms with E-state index in [2.05, 4.69) is 19.2 Å². The molecule has 2 atom stereocenters. The number of carbonyl (C=O) groups is 1. The molecular weight excluding hydrogens is 276 g/mol. The number of benzene rings is 1. The highest BCUT2D eigenvalue weighted by molar-refractivity contribution is 6.31. The van der Waals surface area contributed by atoms with Gasteiger partial charge in [0.2, 0.25) is 0 Å². The highest BCUT2D eigenvalue weighted by Crippen LogP contribution is 2.14. The molecule has 20 heavy (non-hydrogen) atoms. The van der Waals surface area contributed by atoms with Gasteiger partial charge in [0.05, 0.1) is 0 Å². The maximum atomic E-state index is 12.0. The maximum absolute atomic E-state index is 12.0. The molecule has 1 heterocycles. The number of carbonyl (C=O) groups excluding carboxylic acids is 1. The van der Waals surface area contributed by atoms with Crippen molar-refractivity contribution in [2.45, 2.75) is 32.6 Å². The molecule has 0 spiro atoms. The van der Waals surface area contributed by atoms with Crippen molar-refractivity contribution in [2.24, 2.45) is 0 Å². The van der Waals surface area contributed by atoms with E-state index in [9.17, 15) is 4.79 Å². The van der Waals surface area contributed by atoms with Gasteiger partial charge < -0.3 is 15.0 Å². The summed E-state index contributed by atoms with van der Waals surface area (Å²) in [6.45, 7) is 6.83. The van der Waals surface area contributed by atoms with Crippen LogP contribution in [0.15, 0.2) is 24.3 Å². The van der Waals surface area contributed by atoms with Crippen molar-refractivity contribution in [1.82, 2.24) is 5.32 Å². The first-order valence-corrected chi connectivity index (χ1v) is 7.41. The Morgan fingerprint density at radius 3 is 2.65 bits per heavy atom. The normalized spacial score (nSPS) is 26.2. The molecule has 2 N–H and O–H groups in total. The third-order valence-corrected chi connectivity index (χ3v) is 3.83. The Balaban J connectivity index is 1.79. The lowest BCUT2D eigenvalue weighted by molar-refractivity contribution is -0.907. The van der Waals surface area contributed by atoms with Gasteiger partial charge in [0.25, 0.3) is 5.91 Å². The average Bonchev–Trinajstić information content (AvgIpc) is 2.36. The monoisotopic (exact) mass is 297 g/mol. The van der Waals surface area contributed by atoms with Crippen LogP contribution in [0.5, 0.6) is 0 Å². The number of rotatable bonds is 4. The minimum absolute atomic E-state index is 0.0567. The van der Waals surface area contributed by atoms with E-state index in [-0.39, 0.29) is 18.1 Å². The molecule has 0 saturated carbocycles. The summed E-state index contributed by atoms with van der Waals surface area (Å²) in [5, 5.41) is 3.62. The predicted octanol–water partition coefficient (Wildman–Crippen LogP) is 0.648. The number of nitrogens with one attached hydrogen (secondary N) is 2. The fraction of sp³-hybridized carbons (Fsp3) is 0.533. The van der Waals surface area contributed by atoms with Crippen LogP contribution in [-0.2, 0) is 16.1 Å². The third kappa shape index (κ3) is 4.47.